The van der Waals surface area contributed by atoms with E-state index in [4.69, 9.17) is 4.74 Å². The first-order valence-electron chi connectivity index (χ1n) is 7.69. The summed E-state index contributed by atoms with van der Waals surface area (Å²) in [6.45, 7) is 6.84. The van der Waals surface area contributed by atoms with Crippen LogP contribution in [0.15, 0.2) is 36.9 Å². The molecule has 1 rings (SSSR count). The molecule has 0 saturated heterocycles. The highest BCUT2D eigenvalue weighted by molar-refractivity contribution is 5.28. The van der Waals surface area contributed by atoms with Gasteiger partial charge in [0.15, 0.2) is 0 Å². The van der Waals surface area contributed by atoms with Crippen LogP contribution in [0.3, 0.4) is 0 Å². The molecule has 0 aliphatic carbocycles. The maximum atomic E-state index is 5.74. The van der Waals surface area contributed by atoms with Crippen LogP contribution in [0.1, 0.15) is 57.4 Å². The fraction of sp³-hybridized carbons (Fsp3) is 0.556. The topological polar surface area (TPSA) is 9.23 Å². The van der Waals surface area contributed by atoms with Crippen LogP contribution < -0.4 is 4.74 Å². The number of hydrogen-bond donors (Lipinski definition) is 0. The molecule has 0 aliphatic rings. The Kier molecular flexibility index (Phi) is 8.87. The largest absolute Gasteiger partial charge is 0.494 e. The van der Waals surface area contributed by atoms with Gasteiger partial charge in [0.25, 0.3) is 0 Å². The molecule has 0 aliphatic heterocycles. The van der Waals surface area contributed by atoms with Crippen LogP contribution in [-0.4, -0.2) is 6.61 Å². The van der Waals surface area contributed by atoms with E-state index >= 15 is 0 Å². The first-order chi connectivity index (χ1) is 9.36. The molecule has 1 heteroatoms. The molecule has 0 unspecified atom stereocenters. The summed E-state index contributed by atoms with van der Waals surface area (Å²) in [4.78, 5) is 0. The van der Waals surface area contributed by atoms with E-state index in [1.54, 1.807) is 0 Å². The Morgan fingerprint density at radius 3 is 2.21 bits per heavy atom. The van der Waals surface area contributed by atoms with E-state index in [2.05, 4.69) is 37.8 Å². The Balaban J connectivity index is 2.04. The molecule has 0 fully saturated rings. The van der Waals surface area contributed by atoms with Crippen molar-refractivity contribution < 1.29 is 4.74 Å². The summed E-state index contributed by atoms with van der Waals surface area (Å²) in [7, 11) is 0. The second kappa shape index (κ2) is 10.7. The number of rotatable bonds is 11. The minimum atomic E-state index is 0.842. The van der Waals surface area contributed by atoms with Crippen molar-refractivity contribution in [3.8, 4) is 5.75 Å². The van der Waals surface area contributed by atoms with E-state index in [0.29, 0.717) is 0 Å². The first-order valence-corrected chi connectivity index (χ1v) is 7.69. The molecule has 0 saturated carbocycles. The molecule has 0 heterocycles. The minimum absolute atomic E-state index is 0.842. The predicted octanol–water partition coefficient (Wildman–Crippen LogP) is 5.54. The normalized spacial score (nSPS) is 10.4. The summed E-state index contributed by atoms with van der Waals surface area (Å²) in [6.07, 6.45) is 12.1. The zero-order valence-electron chi connectivity index (χ0n) is 12.4. The van der Waals surface area contributed by atoms with Crippen molar-refractivity contribution in [2.45, 2.75) is 58.3 Å². The molecular formula is C18H28O. The Labute approximate surface area is 118 Å². The highest BCUT2D eigenvalue weighted by Crippen LogP contribution is 2.14. The van der Waals surface area contributed by atoms with E-state index in [0.717, 1.165) is 18.8 Å². The third-order valence-electron chi connectivity index (χ3n) is 3.32. The maximum Gasteiger partial charge on any atom is 0.119 e. The van der Waals surface area contributed by atoms with E-state index in [1.807, 2.05) is 6.08 Å². The van der Waals surface area contributed by atoms with Crippen LogP contribution >= 0.6 is 0 Å². The summed E-state index contributed by atoms with van der Waals surface area (Å²) in [5.74, 6) is 0.985. The number of allylic oxidation sites excluding steroid dienone is 1. The first kappa shape index (κ1) is 15.8. The van der Waals surface area contributed by atoms with Crippen molar-refractivity contribution in [3.05, 3.63) is 42.5 Å². The Morgan fingerprint density at radius 2 is 1.58 bits per heavy atom. The predicted molar refractivity (Wildman–Crippen MR) is 83.8 cm³/mol. The highest BCUT2D eigenvalue weighted by atomic mass is 16.5. The van der Waals surface area contributed by atoms with Crippen molar-refractivity contribution in [3.63, 3.8) is 0 Å². The molecule has 1 aromatic rings. The number of unbranched alkanes of at least 4 members (excludes halogenated alkanes) is 6. The standard InChI is InChI=1S/C18H28O/c1-3-5-6-7-8-9-10-16-19-18-14-12-17(11-4-2)13-15-18/h4,12-15H,2-3,5-11,16H2,1H3. The zero-order chi connectivity index (χ0) is 13.8. The third kappa shape index (κ3) is 7.71. The molecule has 1 nitrogen and oxygen atoms in total. The average molecular weight is 260 g/mol. The SMILES string of the molecule is C=CCc1ccc(OCCCCCCCCC)cc1. The summed E-state index contributed by atoms with van der Waals surface area (Å²) in [5.41, 5.74) is 1.29. The monoisotopic (exact) mass is 260 g/mol. The van der Waals surface area contributed by atoms with Gasteiger partial charge in [-0.1, -0.05) is 63.7 Å². The molecule has 0 radical (unpaired) electrons. The molecule has 0 atom stereocenters. The maximum absolute atomic E-state index is 5.74. The second-order valence-corrected chi connectivity index (χ2v) is 5.11. The van der Waals surface area contributed by atoms with Gasteiger partial charge in [0.05, 0.1) is 6.61 Å². The molecule has 1 aromatic carbocycles. The lowest BCUT2D eigenvalue weighted by molar-refractivity contribution is 0.304. The van der Waals surface area contributed by atoms with Gasteiger partial charge in [0, 0.05) is 0 Å². The fourth-order valence-electron chi connectivity index (χ4n) is 2.14. The van der Waals surface area contributed by atoms with Crippen LogP contribution in [0, 0.1) is 0 Å². The molecule has 0 N–H and O–H groups in total. The number of benzene rings is 1. The minimum Gasteiger partial charge on any atom is -0.494 e. The van der Waals surface area contributed by atoms with Crippen molar-refractivity contribution in [2.24, 2.45) is 0 Å². The van der Waals surface area contributed by atoms with Gasteiger partial charge in [-0.05, 0) is 30.5 Å². The van der Waals surface area contributed by atoms with Gasteiger partial charge in [-0.2, -0.15) is 0 Å². The van der Waals surface area contributed by atoms with Gasteiger partial charge in [-0.3, -0.25) is 0 Å². The average Bonchev–Trinajstić information content (AvgIpc) is 2.44. The van der Waals surface area contributed by atoms with E-state index in [-0.39, 0.29) is 0 Å². The lowest BCUT2D eigenvalue weighted by Crippen LogP contribution is -1.97. The molecule has 0 amide bonds. The van der Waals surface area contributed by atoms with Crippen molar-refractivity contribution in [1.82, 2.24) is 0 Å². The lowest BCUT2D eigenvalue weighted by Gasteiger charge is -2.06. The summed E-state index contributed by atoms with van der Waals surface area (Å²) in [6, 6.07) is 8.34. The van der Waals surface area contributed by atoms with Gasteiger partial charge in [-0.25, -0.2) is 0 Å². The molecule has 0 spiro atoms. The van der Waals surface area contributed by atoms with E-state index in [1.165, 1.54) is 50.5 Å². The summed E-state index contributed by atoms with van der Waals surface area (Å²) < 4.78 is 5.74. The van der Waals surface area contributed by atoms with Gasteiger partial charge in [0.1, 0.15) is 5.75 Å². The highest BCUT2D eigenvalue weighted by Gasteiger charge is 1.95. The fourth-order valence-corrected chi connectivity index (χ4v) is 2.14. The third-order valence-corrected chi connectivity index (χ3v) is 3.32. The van der Waals surface area contributed by atoms with Gasteiger partial charge in [-0.15, -0.1) is 6.58 Å². The Hall–Kier alpha value is -1.24. The van der Waals surface area contributed by atoms with Gasteiger partial charge >= 0.3 is 0 Å². The van der Waals surface area contributed by atoms with Crippen LogP contribution in [0.4, 0.5) is 0 Å². The van der Waals surface area contributed by atoms with Crippen molar-refractivity contribution >= 4 is 0 Å². The zero-order valence-corrected chi connectivity index (χ0v) is 12.4. The van der Waals surface area contributed by atoms with Crippen molar-refractivity contribution in [1.29, 1.82) is 0 Å². The number of ether oxygens (including phenoxy) is 1. The molecule has 0 bridgehead atoms. The van der Waals surface area contributed by atoms with Crippen LogP contribution in [0.25, 0.3) is 0 Å². The summed E-state index contributed by atoms with van der Waals surface area (Å²) >= 11 is 0. The van der Waals surface area contributed by atoms with Gasteiger partial charge in [0.2, 0.25) is 0 Å². The second-order valence-electron chi connectivity index (χ2n) is 5.11. The van der Waals surface area contributed by atoms with E-state index < -0.39 is 0 Å². The Bertz CT molecular complexity index is 326. The molecule has 106 valence electrons. The van der Waals surface area contributed by atoms with Crippen LogP contribution in [0.2, 0.25) is 0 Å². The molecule has 19 heavy (non-hydrogen) atoms. The smallest absolute Gasteiger partial charge is 0.119 e. The van der Waals surface area contributed by atoms with E-state index in [9.17, 15) is 0 Å². The quantitative estimate of drug-likeness (QED) is 0.374. The van der Waals surface area contributed by atoms with Gasteiger partial charge < -0.3 is 4.74 Å². The summed E-state index contributed by atoms with van der Waals surface area (Å²) in [5, 5.41) is 0. The number of hydrogen-bond acceptors (Lipinski definition) is 1. The van der Waals surface area contributed by atoms with Crippen molar-refractivity contribution in [2.75, 3.05) is 6.61 Å². The van der Waals surface area contributed by atoms with Crippen LogP contribution in [-0.2, 0) is 6.42 Å². The van der Waals surface area contributed by atoms with Crippen LogP contribution in [0.5, 0.6) is 5.75 Å². The molecule has 0 aromatic heterocycles. The lowest BCUT2D eigenvalue weighted by atomic mass is 10.1. The Morgan fingerprint density at radius 1 is 0.947 bits per heavy atom. The molecular weight excluding hydrogens is 232 g/mol.